The number of amides is 1. The van der Waals surface area contributed by atoms with Crippen LogP contribution in [0.25, 0.3) is 0 Å². The highest BCUT2D eigenvalue weighted by Gasteiger charge is 2.39. The number of nitrogens with one attached hydrogen (secondary N) is 1. The first kappa shape index (κ1) is 11.3. The van der Waals surface area contributed by atoms with Gasteiger partial charge in [-0.05, 0) is 43.4 Å². The van der Waals surface area contributed by atoms with Crippen LogP contribution in [0.3, 0.4) is 0 Å². The normalized spacial score (nSPS) is 43.2. The van der Waals surface area contributed by atoms with Gasteiger partial charge < -0.3 is 11.1 Å². The first-order chi connectivity index (χ1) is 8.22. The molecule has 0 aromatic heterocycles. The lowest BCUT2D eigenvalue weighted by molar-refractivity contribution is -0.123. The summed E-state index contributed by atoms with van der Waals surface area (Å²) < 4.78 is 0. The predicted molar refractivity (Wildman–Crippen MR) is 67.2 cm³/mol. The van der Waals surface area contributed by atoms with E-state index >= 15 is 0 Å². The Hall–Kier alpha value is -0.830. The molecule has 0 aliphatic heterocycles. The number of carbonyl (C=O) groups excluding carboxylic acids is 1. The van der Waals surface area contributed by atoms with Gasteiger partial charge in [0, 0.05) is 12.6 Å². The molecule has 0 saturated heterocycles. The van der Waals surface area contributed by atoms with Crippen LogP contribution in [-0.4, -0.2) is 18.5 Å². The van der Waals surface area contributed by atoms with Crippen LogP contribution in [0.2, 0.25) is 0 Å². The summed E-state index contributed by atoms with van der Waals surface area (Å²) in [4.78, 5) is 11.9. The molecule has 2 bridgehead atoms. The molecule has 3 nitrogen and oxygen atoms in total. The molecule has 3 N–H and O–H groups in total. The van der Waals surface area contributed by atoms with Crippen molar-refractivity contribution in [3.8, 4) is 0 Å². The Bertz CT molecular complexity index is 339. The minimum Gasteiger partial charge on any atom is -0.355 e. The van der Waals surface area contributed by atoms with E-state index in [0.717, 1.165) is 30.7 Å². The second-order valence-corrected chi connectivity index (χ2v) is 6.07. The first-order valence-electron chi connectivity index (χ1n) is 6.94. The second kappa shape index (κ2) is 4.45. The lowest BCUT2D eigenvalue weighted by Gasteiger charge is -2.22. The zero-order valence-electron chi connectivity index (χ0n) is 10.3. The molecule has 0 aromatic rings. The Morgan fingerprint density at radius 3 is 2.71 bits per heavy atom. The fourth-order valence-corrected chi connectivity index (χ4v) is 3.91. The van der Waals surface area contributed by atoms with Crippen LogP contribution in [0.1, 0.15) is 32.1 Å². The molecule has 17 heavy (non-hydrogen) atoms. The Balaban J connectivity index is 1.45. The van der Waals surface area contributed by atoms with Crippen LogP contribution in [0, 0.1) is 23.7 Å². The monoisotopic (exact) mass is 234 g/mol. The molecule has 94 valence electrons. The summed E-state index contributed by atoms with van der Waals surface area (Å²) in [6.07, 6.45) is 10.2. The second-order valence-electron chi connectivity index (χ2n) is 6.07. The average molecular weight is 234 g/mol. The van der Waals surface area contributed by atoms with Crippen molar-refractivity contribution in [3.63, 3.8) is 0 Å². The summed E-state index contributed by atoms with van der Waals surface area (Å²) in [7, 11) is 0. The van der Waals surface area contributed by atoms with E-state index in [1.165, 1.54) is 25.7 Å². The standard InChI is InChI=1S/C14H22N2O/c15-13-4-3-11(7-13)14(17)16-8-12-6-9-1-2-10(12)5-9/h3-4,9-13H,1-2,5-8,15H2,(H,16,17). The maximum absolute atomic E-state index is 11.9. The number of nitrogens with two attached hydrogens (primary N) is 1. The molecular weight excluding hydrogens is 212 g/mol. The smallest absolute Gasteiger partial charge is 0.227 e. The zero-order chi connectivity index (χ0) is 11.8. The van der Waals surface area contributed by atoms with Gasteiger partial charge in [0.15, 0.2) is 0 Å². The molecular formula is C14H22N2O. The van der Waals surface area contributed by atoms with Gasteiger partial charge in [-0.1, -0.05) is 18.6 Å². The summed E-state index contributed by atoms with van der Waals surface area (Å²) >= 11 is 0. The lowest BCUT2D eigenvalue weighted by atomic mass is 9.89. The number of rotatable bonds is 3. The third-order valence-electron chi connectivity index (χ3n) is 4.88. The van der Waals surface area contributed by atoms with Crippen LogP contribution in [0.5, 0.6) is 0 Å². The number of carbonyl (C=O) groups is 1. The quantitative estimate of drug-likeness (QED) is 0.726. The van der Waals surface area contributed by atoms with E-state index < -0.39 is 0 Å². The van der Waals surface area contributed by atoms with E-state index in [1.54, 1.807) is 0 Å². The summed E-state index contributed by atoms with van der Waals surface area (Å²) in [6, 6.07) is 0.0771. The zero-order valence-corrected chi connectivity index (χ0v) is 10.3. The third kappa shape index (κ3) is 2.25. The molecule has 5 atom stereocenters. The lowest BCUT2D eigenvalue weighted by Crippen LogP contribution is -2.35. The summed E-state index contributed by atoms with van der Waals surface area (Å²) in [5, 5.41) is 3.13. The summed E-state index contributed by atoms with van der Waals surface area (Å²) in [5.41, 5.74) is 5.76. The topological polar surface area (TPSA) is 55.1 Å². The number of hydrogen-bond donors (Lipinski definition) is 2. The van der Waals surface area contributed by atoms with Crippen LogP contribution >= 0.6 is 0 Å². The van der Waals surface area contributed by atoms with E-state index in [2.05, 4.69) is 5.32 Å². The summed E-state index contributed by atoms with van der Waals surface area (Å²) in [5.74, 6) is 2.79. The summed E-state index contributed by atoms with van der Waals surface area (Å²) in [6.45, 7) is 0.888. The molecule has 5 unspecified atom stereocenters. The minimum atomic E-state index is 0.0172. The van der Waals surface area contributed by atoms with Gasteiger partial charge in [-0.3, -0.25) is 4.79 Å². The van der Waals surface area contributed by atoms with Crippen molar-refractivity contribution in [1.29, 1.82) is 0 Å². The van der Waals surface area contributed by atoms with Gasteiger partial charge in [-0.25, -0.2) is 0 Å². The maximum atomic E-state index is 11.9. The molecule has 2 saturated carbocycles. The van der Waals surface area contributed by atoms with Crippen LogP contribution in [0.4, 0.5) is 0 Å². The van der Waals surface area contributed by atoms with Gasteiger partial charge in [0.25, 0.3) is 0 Å². The van der Waals surface area contributed by atoms with Crippen molar-refractivity contribution >= 4 is 5.91 Å². The van der Waals surface area contributed by atoms with Gasteiger partial charge in [-0.15, -0.1) is 0 Å². The minimum absolute atomic E-state index is 0.0172. The Morgan fingerprint density at radius 2 is 2.12 bits per heavy atom. The molecule has 3 aliphatic carbocycles. The van der Waals surface area contributed by atoms with Crippen LogP contribution in [-0.2, 0) is 4.79 Å². The van der Waals surface area contributed by atoms with Crippen LogP contribution < -0.4 is 11.1 Å². The van der Waals surface area contributed by atoms with E-state index in [1.807, 2.05) is 12.2 Å². The first-order valence-corrected chi connectivity index (χ1v) is 6.94. The highest BCUT2D eigenvalue weighted by Crippen LogP contribution is 2.47. The SMILES string of the molecule is NC1C=CC(C(=O)NCC2CC3CCC2C3)C1. The molecule has 3 rings (SSSR count). The van der Waals surface area contributed by atoms with E-state index in [4.69, 9.17) is 5.73 Å². The molecule has 2 fully saturated rings. The van der Waals surface area contributed by atoms with E-state index in [0.29, 0.717) is 0 Å². The van der Waals surface area contributed by atoms with Crippen molar-refractivity contribution in [2.75, 3.05) is 6.54 Å². The van der Waals surface area contributed by atoms with Crippen molar-refractivity contribution < 1.29 is 4.79 Å². The highest BCUT2D eigenvalue weighted by molar-refractivity contribution is 5.81. The molecule has 0 heterocycles. The third-order valence-corrected chi connectivity index (χ3v) is 4.88. The molecule has 0 radical (unpaired) electrons. The molecule has 0 spiro atoms. The number of fused-ring (bicyclic) bond motifs is 2. The van der Waals surface area contributed by atoms with Gasteiger partial charge >= 0.3 is 0 Å². The molecule has 1 amide bonds. The molecule has 3 heteroatoms. The largest absolute Gasteiger partial charge is 0.355 e. The average Bonchev–Trinajstić information content (AvgIpc) is 3.01. The van der Waals surface area contributed by atoms with Crippen molar-refractivity contribution in [2.24, 2.45) is 29.4 Å². The van der Waals surface area contributed by atoms with Crippen LogP contribution in [0.15, 0.2) is 12.2 Å². The van der Waals surface area contributed by atoms with Gasteiger partial charge in [0.2, 0.25) is 5.91 Å². The number of hydrogen-bond acceptors (Lipinski definition) is 2. The van der Waals surface area contributed by atoms with Gasteiger partial charge in [0.1, 0.15) is 0 Å². The van der Waals surface area contributed by atoms with Crippen molar-refractivity contribution in [1.82, 2.24) is 5.32 Å². The Morgan fingerprint density at radius 1 is 1.24 bits per heavy atom. The van der Waals surface area contributed by atoms with Gasteiger partial charge in [0.05, 0.1) is 5.92 Å². The van der Waals surface area contributed by atoms with E-state index in [9.17, 15) is 4.79 Å². The molecule has 0 aromatic carbocycles. The molecule has 3 aliphatic rings. The predicted octanol–water partition coefficient (Wildman–Crippen LogP) is 1.44. The van der Waals surface area contributed by atoms with Crippen molar-refractivity contribution in [3.05, 3.63) is 12.2 Å². The Kier molecular flexibility index (Phi) is 2.95. The fraction of sp³-hybridized carbons (Fsp3) is 0.786. The van der Waals surface area contributed by atoms with Gasteiger partial charge in [-0.2, -0.15) is 0 Å². The Labute approximate surface area is 103 Å². The highest BCUT2D eigenvalue weighted by atomic mass is 16.1. The van der Waals surface area contributed by atoms with Crippen molar-refractivity contribution in [2.45, 2.75) is 38.1 Å². The fourth-order valence-electron chi connectivity index (χ4n) is 3.91. The maximum Gasteiger partial charge on any atom is 0.227 e. The van der Waals surface area contributed by atoms with E-state index in [-0.39, 0.29) is 17.9 Å².